The van der Waals surface area contributed by atoms with Gasteiger partial charge in [0.2, 0.25) is 0 Å². The molecule has 0 aromatic heterocycles. The molecule has 0 saturated carbocycles. The van der Waals surface area contributed by atoms with E-state index >= 15 is 0 Å². The maximum atomic E-state index is 13.7. The lowest BCUT2D eigenvalue weighted by Gasteiger charge is -2.39. The summed E-state index contributed by atoms with van der Waals surface area (Å²) >= 11 is 5.71. The van der Waals surface area contributed by atoms with E-state index in [0.717, 1.165) is 0 Å². The number of carboxylic acids is 1. The average Bonchev–Trinajstić information content (AvgIpc) is 2.30. The van der Waals surface area contributed by atoms with E-state index in [1.165, 1.54) is 6.07 Å². The van der Waals surface area contributed by atoms with Crippen LogP contribution in [0.4, 0.5) is 4.39 Å². The molecule has 0 radical (unpaired) electrons. The number of hydrogen-bond acceptors (Lipinski definition) is 2. The molecule has 0 saturated heterocycles. The first-order valence-corrected chi connectivity index (χ1v) is 6.38. The number of hydrogen-bond donors (Lipinski definition) is 2. The Morgan fingerprint density at radius 2 is 1.95 bits per heavy atom. The van der Waals surface area contributed by atoms with Gasteiger partial charge in [-0.2, -0.15) is 0 Å². The van der Waals surface area contributed by atoms with Crippen LogP contribution in [0.5, 0.6) is 0 Å². The van der Waals surface area contributed by atoms with E-state index in [2.05, 4.69) is 5.32 Å². The first kappa shape index (κ1) is 15.9. The van der Waals surface area contributed by atoms with Crippen molar-refractivity contribution in [2.45, 2.75) is 39.8 Å². The van der Waals surface area contributed by atoms with E-state index in [1.54, 1.807) is 39.8 Å². The number of halogens is 2. The van der Waals surface area contributed by atoms with Crippen LogP contribution in [0.1, 0.15) is 33.3 Å². The van der Waals surface area contributed by atoms with Gasteiger partial charge in [0.15, 0.2) is 0 Å². The van der Waals surface area contributed by atoms with Crippen molar-refractivity contribution < 1.29 is 14.3 Å². The molecule has 5 heteroatoms. The second-order valence-electron chi connectivity index (χ2n) is 5.62. The SMILES string of the molecule is CC(C)(NCc1cccc(Cl)c1F)C(C)(C)C(=O)O. The third-order valence-electron chi connectivity index (χ3n) is 3.85. The Morgan fingerprint density at radius 3 is 2.47 bits per heavy atom. The van der Waals surface area contributed by atoms with Crippen molar-refractivity contribution in [1.29, 1.82) is 0 Å². The van der Waals surface area contributed by atoms with Crippen LogP contribution in [0.25, 0.3) is 0 Å². The normalized spacial score (nSPS) is 12.5. The summed E-state index contributed by atoms with van der Waals surface area (Å²) in [5.74, 6) is -1.38. The zero-order valence-corrected chi connectivity index (χ0v) is 12.3. The lowest BCUT2D eigenvalue weighted by atomic mass is 9.74. The Kier molecular flexibility index (Phi) is 4.59. The molecule has 2 N–H and O–H groups in total. The predicted octanol–water partition coefficient (Wildman–Crippen LogP) is 3.46. The Hall–Kier alpha value is -1.13. The third kappa shape index (κ3) is 3.25. The molecule has 106 valence electrons. The fourth-order valence-electron chi connectivity index (χ4n) is 1.49. The largest absolute Gasteiger partial charge is 0.481 e. The summed E-state index contributed by atoms with van der Waals surface area (Å²) < 4.78 is 13.7. The molecule has 1 aromatic carbocycles. The second kappa shape index (κ2) is 5.47. The molecule has 0 amide bonds. The van der Waals surface area contributed by atoms with E-state index in [9.17, 15) is 14.3 Å². The van der Waals surface area contributed by atoms with E-state index < -0.39 is 22.7 Å². The molecule has 0 atom stereocenters. The van der Waals surface area contributed by atoms with Gasteiger partial charge in [-0.1, -0.05) is 23.7 Å². The van der Waals surface area contributed by atoms with Gasteiger partial charge in [0.1, 0.15) is 5.82 Å². The van der Waals surface area contributed by atoms with Crippen LogP contribution in [0.3, 0.4) is 0 Å². The molecule has 1 aromatic rings. The quantitative estimate of drug-likeness (QED) is 0.872. The summed E-state index contributed by atoms with van der Waals surface area (Å²) in [5.41, 5.74) is -1.27. The Balaban J connectivity index is 2.87. The van der Waals surface area contributed by atoms with Gasteiger partial charge >= 0.3 is 5.97 Å². The molecule has 0 aliphatic heterocycles. The third-order valence-corrected chi connectivity index (χ3v) is 4.14. The van der Waals surface area contributed by atoms with Crippen LogP contribution >= 0.6 is 11.6 Å². The molecular weight excluding hydrogens is 269 g/mol. The maximum absolute atomic E-state index is 13.7. The predicted molar refractivity (Wildman–Crippen MR) is 73.7 cm³/mol. The molecular formula is C14H19ClFNO2. The van der Waals surface area contributed by atoms with Crippen LogP contribution in [-0.2, 0) is 11.3 Å². The van der Waals surface area contributed by atoms with Gasteiger partial charge in [-0.3, -0.25) is 4.79 Å². The van der Waals surface area contributed by atoms with E-state index in [-0.39, 0.29) is 11.6 Å². The first-order valence-electron chi connectivity index (χ1n) is 6.01. The standard InChI is InChI=1S/C14H19ClFNO2/c1-13(2,12(18)19)14(3,4)17-8-9-6-5-7-10(15)11(9)16/h5-7,17H,8H2,1-4H3,(H,18,19). The van der Waals surface area contributed by atoms with Gasteiger partial charge in [0, 0.05) is 17.6 Å². The number of carbonyl (C=O) groups is 1. The second-order valence-corrected chi connectivity index (χ2v) is 6.03. The molecule has 1 rings (SSSR count). The molecule has 0 bridgehead atoms. The maximum Gasteiger partial charge on any atom is 0.310 e. The van der Waals surface area contributed by atoms with E-state index in [4.69, 9.17) is 11.6 Å². The minimum Gasteiger partial charge on any atom is -0.481 e. The van der Waals surface area contributed by atoms with Crippen molar-refractivity contribution in [1.82, 2.24) is 5.32 Å². The summed E-state index contributed by atoms with van der Waals surface area (Å²) in [7, 11) is 0. The van der Waals surface area contributed by atoms with Crippen LogP contribution < -0.4 is 5.32 Å². The smallest absolute Gasteiger partial charge is 0.310 e. The highest BCUT2D eigenvalue weighted by Crippen LogP contribution is 2.31. The molecule has 0 unspecified atom stereocenters. The van der Waals surface area contributed by atoms with Crippen molar-refractivity contribution in [2.24, 2.45) is 5.41 Å². The molecule has 3 nitrogen and oxygen atoms in total. The summed E-state index contributed by atoms with van der Waals surface area (Å²) in [4.78, 5) is 11.3. The molecule has 0 aliphatic carbocycles. The zero-order valence-electron chi connectivity index (χ0n) is 11.6. The lowest BCUT2D eigenvalue weighted by Crippen LogP contribution is -2.54. The number of rotatable bonds is 5. The lowest BCUT2D eigenvalue weighted by molar-refractivity contribution is -0.151. The Labute approximate surface area is 117 Å². The van der Waals surface area contributed by atoms with Crippen molar-refractivity contribution in [3.8, 4) is 0 Å². The van der Waals surface area contributed by atoms with Crippen molar-refractivity contribution in [2.75, 3.05) is 0 Å². The molecule has 0 heterocycles. The number of benzene rings is 1. The van der Waals surface area contributed by atoms with Gasteiger partial charge in [-0.25, -0.2) is 4.39 Å². The highest BCUT2D eigenvalue weighted by atomic mass is 35.5. The van der Waals surface area contributed by atoms with Crippen molar-refractivity contribution >= 4 is 17.6 Å². The monoisotopic (exact) mass is 287 g/mol. The van der Waals surface area contributed by atoms with E-state index in [0.29, 0.717) is 5.56 Å². The first-order chi connectivity index (χ1) is 8.59. The Bertz CT molecular complexity index is 486. The molecule has 0 spiro atoms. The summed E-state index contributed by atoms with van der Waals surface area (Å²) in [5, 5.41) is 12.4. The van der Waals surface area contributed by atoms with Crippen molar-refractivity contribution in [3.05, 3.63) is 34.6 Å². The summed E-state index contributed by atoms with van der Waals surface area (Å²) in [6.45, 7) is 7.05. The number of nitrogens with one attached hydrogen (secondary N) is 1. The van der Waals surface area contributed by atoms with Gasteiger partial charge in [0.25, 0.3) is 0 Å². The van der Waals surface area contributed by atoms with Crippen LogP contribution in [-0.4, -0.2) is 16.6 Å². The summed E-state index contributed by atoms with van der Waals surface area (Å²) in [6.07, 6.45) is 0. The van der Waals surface area contributed by atoms with Crippen LogP contribution in [0, 0.1) is 11.2 Å². The molecule has 19 heavy (non-hydrogen) atoms. The minimum atomic E-state index is -0.984. The summed E-state index contributed by atoms with van der Waals surface area (Å²) in [6, 6.07) is 4.77. The van der Waals surface area contributed by atoms with Crippen LogP contribution in [0.2, 0.25) is 5.02 Å². The molecule has 0 aliphatic rings. The number of aliphatic carboxylic acids is 1. The fourth-order valence-corrected chi connectivity index (χ4v) is 1.68. The fraction of sp³-hybridized carbons (Fsp3) is 0.500. The van der Waals surface area contributed by atoms with Crippen LogP contribution in [0.15, 0.2) is 18.2 Å². The highest BCUT2D eigenvalue weighted by molar-refractivity contribution is 6.30. The zero-order chi connectivity index (χ0) is 14.8. The van der Waals surface area contributed by atoms with Gasteiger partial charge in [-0.05, 0) is 33.8 Å². The molecule has 0 fully saturated rings. The van der Waals surface area contributed by atoms with Gasteiger partial charge in [-0.15, -0.1) is 0 Å². The Morgan fingerprint density at radius 1 is 1.37 bits per heavy atom. The highest BCUT2D eigenvalue weighted by Gasteiger charge is 2.43. The minimum absolute atomic E-state index is 0.0644. The van der Waals surface area contributed by atoms with Gasteiger partial charge < -0.3 is 10.4 Å². The topological polar surface area (TPSA) is 49.3 Å². The van der Waals surface area contributed by atoms with Crippen molar-refractivity contribution in [3.63, 3.8) is 0 Å². The van der Waals surface area contributed by atoms with Gasteiger partial charge in [0.05, 0.1) is 10.4 Å². The van der Waals surface area contributed by atoms with E-state index in [1.807, 2.05) is 0 Å². The average molecular weight is 288 g/mol. The number of carboxylic acid groups (broad SMARTS) is 1.